The summed E-state index contributed by atoms with van der Waals surface area (Å²) in [4.78, 5) is 14.2. The number of aryl methyl sites for hydroxylation is 2. The average molecular weight is 443 g/mol. The van der Waals surface area contributed by atoms with Crippen molar-refractivity contribution in [3.05, 3.63) is 46.0 Å². The first-order valence-corrected chi connectivity index (χ1v) is 11.1. The fourth-order valence-electron chi connectivity index (χ4n) is 3.53. The number of hydrogen-bond acceptors (Lipinski definition) is 4. The lowest BCUT2D eigenvalue weighted by molar-refractivity contribution is -0.132. The molecule has 1 saturated heterocycles. The Hall–Kier alpha value is -1.97. The number of amides is 1. The molecule has 0 aliphatic carbocycles. The molecule has 158 valence electrons. The highest BCUT2D eigenvalue weighted by atomic mass is 35.5. The third-order valence-electron chi connectivity index (χ3n) is 5.37. The van der Waals surface area contributed by atoms with Crippen molar-refractivity contribution >= 4 is 27.5 Å². The minimum Gasteiger partial charge on any atom is -0.340 e. The largest absolute Gasteiger partial charge is 0.340 e. The lowest BCUT2D eigenvalue weighted by Gasteiger charge is -2.34. The first-order chi connectivity index (χ1) is 13.6. The summed E-state index contributed by atoms with van der Waals surface area (Å²) >= 11 is 5.72. The van der Waals surface area contributed by atoms with Crippen LogP contribution in [0, 0.1) is 19.7 Å². The molecule has 1 fully saturated rings. The van der Waals surface area contributed by atoms with Gasteiger partial charge in [0.05, 0.1) is 15.6 Å². The summed E-state index contributed by atoms with van der Waals surface area (Å²) in [6.45, 7) is 4.92. The van der Waals surface area contributed by atoms with Gasteiger partial charge in [-0.1, -0.05) is 11.6 Å². The SMILES string of the molecule is Cc1nn(C)c(C)c1CCC(=O)N1CCN(S(=O)(=O)c2ccc(F)c(Cl)c2)CC1. The lowest BCUT2D eigenvalue weighted by atomic mass is 10.1. The fourth-order valence-corrected chi connectivity index (χ4v) is 5.23. The summed E-state index contributed by atoms with van der Waals surface area (Å²) in [5, 5.41) is 4.13. The molecule has 0 radical (unpaired) electrons. The molecule has 0 unspecified atom stereocenters. The van der Waals surface area contributed by atoms with Gasteiger partial charge >= 0.3 is 0 Å². The normalized spacial score (nSPS) is 15.7. The van der Waals surface area contributed by atoms with Crippen LogP contribution in [0.15, 0.2) is 23.1 Å². The van der Waals surface area contributed by atoms with E-state index in [1.165, 1.54) is 10.4 Å². The highest BCUT2D eigenvalue weighted by Gasteiger charge is 2.30. The molecule has 10 heteroatoms. The van der Waals surface area contributed by atoms with Gasteiger partial charge in [-0.2, -0.15) is 9.40 Å². The van der Waals surface area contributed by atoms with Gasteiger partial charge in [-0.3, -0.25) is 9.48 Å². The summed E-state index contributed by atoms with van der Waals surface area (Å²) in [5.41, 5.74) is 3.05. The molecule has 7 nitrogen and oxygen atoms in total. The van der Waals surface area contributed by atoms with Crippen LogP contribution in [0.4, 0.5) is 4.39 Å². The van der Waals surface area contributed by atoms with E-state index >= 15 is 0 Å². The quantitative estimate of drug-likeness (QED) is 0.712. The van der Waals surface area contributed by atoms with E-state index in [9.17, 15) is 17.6 Å². The van der Waals surface area contributed by atoms with Crippen LogP contribution in [-0.2, 0) is 28.3 Å². The summed E-state index contributed by atoms with van der Waals surface area (Å²) in [6, 6.07) is 3.35. The molecule has 1 aromatic carbocycles. The molecular weight excluding hydrogens is 419 g/mol. The fraction of sp³-hybridized carbons (Fsp3) is 0.474. The van der Waals surface area contributed by atoms with Crippen molar-refractivity contribution in [1.29, 1.82) is 0 Å². The van der Waals surface area contributed by atoms with Crippen LogP contribution in [-0.4, -0.2) is 59.5 Å². The second-order valence-corrected chi connectivity index (χ2v) is 9.48. The molecule has 1 aliphatic heterocycles. The van der Waals surface area contributed by atoms with Crippen molar-refractivity contribution in [2.24, 2.45) is 7.05 Å². The van der Waals surface area contributed by atoms with Crippen LogP contribution in [0.25, 0.3) is 0 Å². The Balaban J connectivity index is 1.59. The standard InChI is InChI=1S/C19H24ClFN4O3S/c1-13-16(14(2)23(3)22-13)5-7-19(26)24-8-10-25(11-9-24)29(27,28)15-4-6-18(21)17(20)12-15/h4,6,12H,5,7-11H2,1-3H3. The number of halogens is 2. The smallest absolute Gasteiger partial charge is 0.243 e. The van der Waals surface area contributed by atoms with Crippen LogP contribution in [0.2, 0.25) is 5.02 Å². The number of hydrogen-bond donors (Lipinski definition) is 0. The van der Waals surface area contributed by atoms with E-state index in [1.807, 2.05) is 20.9 Å². The molecule has 0 saturated carbocycles. The predicted octanol–water partition coefficient (Wildman–Crippen LogP) is 2.30. The van der Waals surface area contributed by atoms with Gasteiger partial charge in [-0.15, -0.1) is 0 Å². The average Bonchev–Trinajstić information content (AvgIpc) is 2.93. The zero-order valence-electron chi connectivity index (χ0n) is 16.7. The molecule has 2 heterocycles. The predicted molar refractivity (Wildman–Crippen MR) is 108 cm³/mol. The number of nitrogens with zero attached hydrogens (tertiary/aromatic N) is 4. The topological polar surface area (TPSA) is 75.5 Å². The van der Waals surface area contributed by atoms with Crippen molar-refractivity contribution in [2.45, 2.75) is 31.6 Å². The van der Waals surface area contributed by atoms with Gasteiger partial charge in [0.15, 0.2) is 0 Å². The Bertz CT molecular complexity index is 1030. The van der Waals surface area contributed by atoms with Gasteiger partial charge < -0.3 is 4.90 Å². The van der Waals surface area contributed by atoms with E-state index in [4.69, 9.17) is 11.6 Å². The number of benzene rings is 1. The first kappa shape index (κ1) is 21.7. The van der Waals surface area contributed by atoms with Crippen molar-refractivity contribution in [3.63, 3.8) is 0 Å². The van der Waals surface area contributed by atoms with E-state index < -0.39 is 15.8 Å². The maximum absolute atomic E-state index is 13.3. The number of sulfonamides is 1. The van der Waals surface area contributed by atoms with E-state index in [2.05, 4.69) is 5.10 Å². The molecule has 0 spiro atoms. The Morgan fingerprint density at radius 1 is 1.21 bits per heavy atom. The zero-order valence-corrected chi connectivity index (χ0v) is 18.2. The van der Waals surface area contributed by atoms with E-state index in [1.54, 1.807) is 9.58 Å². The monoisotopic (exact) mass is 442 g/mol. The minimum absolute atomic E-state index is 0.00507. The molecule has 0 atom stereocenters. The molecule has 0 N–H and O–H groups in total. The third-order valence-corrected chi connectivity index (χ3v) is 7.55. The number of aromatic nitrogens is 2. The van der Waals surface area contributed by atoms with Gasteiger partial charge in [0.2, 0.25) is 15.9 Å². The molecule has 1 aromatic heterocycles. The Kier molecular flexibility index (Phi) is 6.30. The maximum atomic E-state index is 13.3. The summed E-state index contributed by atoms with van der Waals surface area (Å²) < 4.78 is 41.9. The van der Waals surface area contributed by atoms with E-state index in [0.29, 0.717) is 25.9 Å². The van der Waals surface area contributed by atoms with E-state index in [0.717, 1.165) is 29.1 Å². The maximum Gasteiger partial charge on any atom is 0.243 e. The first-order valence-electron chi connectivity index (χ1n) is 9.33. The third kappa shape index (κ3) is 4.46. The van der Waals surface area contributed by atoms with Crippen LogP contribution in [0.5, 0.6) is 0 Å². The highest BCUT2D eigenvalue weighted by molar-refractivity contribution is 7.89. The number of carbonyl (C=O) groups is 1. The second kappa shape index (κ2) is 8.41. The molecule has 3 rings (SSSR count). The number of rotatable bonds is 5. The molecule has 2 aromatic rings. The Morgan fingerprint density at radius 3 is 2.41 bits per heavy atom. The lowest BCUT2D eigenvalue weighted by Crippen LogP contribution is -2.50. The number of carbonyl (C=O) groups excluding carboxylic acids is 1. The Morgan fingerprint density at radius 2 is 1.86 bits per heavy atom. The summed E-state index contributed by atoms with van der Waals surface area (Å²) in [6.07, 6.45) is 0.963. The van der Waals surface area contributed by atoms with Crippen molar-refractivity contribution in [2.75, 3.05) is 26.2 Å². The molecule has 29 heavy (non-hydrogen) atoms. The van der Waals surface area contributed by atoms with Gasteiger partial charge in [0.25, 0.3) is 0 Å². The Labute approximate surface area is 175 Å². The molecule has 1 amide bonds. The highest BCUT2D eigenvalue weighted by Crippen LogP contribution is 2.23. The van der Waals surface area contributed by atoms with Crippen LogP contribution in [0.1, 0.15) is 23.4 Å². The van der Waals surface area contributed by atoms with Crippen molar-refractivity contribution < 1.29 is 17.6 Å². The number of piperazine rings is 1. The molecular formula is C19H24ClFN4O3S. The summed E-state index contributed by atoms with van der Waals surface area (Å²) in [5.74, 6) is -0.672. The van der Waals surface area contributed by atoms with Crippen molar-refractivity contribution in [1.82, 2.24) is 19.0 Å². The van der Waals surface area contributed by atoms with Gasteiger partial charge in [-0.05, 0) is 44.0 Å². The van der Waals surface area contributed by atoms with Crippen LogP contribution >= 0.6 is 11.6 Å². The molecule has 0 bridgehead atoms. The van der Waals surface area contributed by atoms with Gasteiger partial charge in [0.1, 0.15) is 5.82 Å². The summed E-state index contributed by atoms with van der Waals surface area (Å²) in [7, 11) is -1.90. The van der Waals surface area contributed by atoms with Crippen LogP contribution < -0.4 is 0 Å². The van der Waals surface area contributed by atoms with Crippen LogP contribution in [0.3, 0.4) is 0 Å². The van der Waals surface area contributed by atoms with Gasteiger partial charge in [-0.25, -0.2) is 12.8 Å². The van der Waals surface area contributed by atoms with Crippen molar-refractivity contribution in [3.8, 4) is 0 Å². The zero-order chi connectivity index (χ0) is 21.3. The van der Waals surface area contributed by atoms with E-state index in [-0.39, 0.29) is 28.9 Å². The second-order valence-electron chi connectivity index (χ2n) is 7.13. The van der Waals surface area contributed by atoms with Gasteiger partial charge in [0, 0.05) is 45.3 Å². The minimum atomic E-state index is -3.78. The molecule has 1 aliphatic rings.